The van der Waals surface area contributed by atoms with E-state index in [2.05, 4.69) is 14.9 Å². The van der Waals surface area contributed by atoms with E-state index in [0.29, 0.717) is 5.92 Å². The maximum Gasteiger partial charge on any atom is 0.159 e. The first-order chi connectivity index (χ1) is 10.7. The number of benzene rings is 1. The SMILES string of the molecule is Fc1ccc(CC[C@H]2CCCN(Cc3cnc[nH]3)C2)cc1F. The minimum atomic E-state index is -0.771. The van der Waals surface area contributed by atoms with Crippen molar-refractivity contribution in [1.82, 2.24) is 14.9 Å². The summed E-state index contributed by atoms with van der Waals surface area (Å²) in [5.41, 5.74) is 2.02. The zero-order valence-corrected chi connectivity index (χ0v) is 12.6. The summed E-state index contributed by atoms with van der Waals surface area (Å²) in [5.74, 6) is -0.904. The standard InChI is InChI=1S/C17H21F2N3/c18-16-6-5-13(8-17(16)19)3-4-14-2-1-7-22(10-14)11-15-9-20-12-21-15/h5-6,8-9,12,14H,1-4,7,10-11H2,(H,20,21)/t14-/m1/s1. The molecule has 1 fully saturated rings. The zero-order chi connectivity index (χ0) is 15.4. The van der Waals surface area contributed by atoms with Crippen LogP contribution in [-0.2, 0) is 13.0 Å². The van der Waals surface area contributed by atoms with Crippen LogP contribution in [0.3, 0.4) is 0 Å². The molecule has 0 aliphatic carbocycles. The lowest BCUT2D eigenvalue weighted by Crippen LogP contribution is -2.35. The van der Waals surface area contributed by atoms with Crippen LogP contribution < -0.4 is 0 Å². The Morgan fingerprint density at radius 2 is 2.18 bits per heavy atom. The predicted octanol–water partition coefficient (Wildman–Crippen LogP) is 3.53. The van der Waals surface area contributed by atoms with Gasteiger partial charge in [-0.3, -0.25) is 4.90 Å². The number of rotatable bonds is 5. The Morgan fingerprint density at radius 3 is 2.95 bits per heavy atom. The second kappa shape index (κ2) is 7.01. The molecule has 1 aromatic carbocycles. The highest BCUT2D eigenvalue weighted by atomic mass is 19.2. The maximum atomic E-state index is 13.2. The van der Waals surface area contributed by atoms with E-state index in [0.717, 1.165) is 43.7 Å². The fourth-order valence-corrected chi connectivity index (χ4v) is 3.21. The van der Waals surface area contributed by atoms with Crippen LogP contribution in [-0.4, -0.2) is 28.0 Å². The molecule has 5 heteroatoms. The highest BCUT2D eigenvalue weighted by molar-refractivity contribution is 5.17. The molecule has 1 aliphatic rings. The molecule has 22 heavy (non-hydrogen) atoms. The normalized spacial score (nSPS) is 19.5. The number of nitrogens with one attached hydrogen (secondary N) is 1. The number of H-pyrrole nitrogens is 1. The van der Waals surface area contributed by atoms with E-state index >= 15 is 0 Å². The number of hydrogen-bond acceptors (Lipinski definition) is 2. The van der Waals surface area contributed by atoms with Crippen molar-refractivity contribution in [2.45, 2.75) is 32.2 Å². The van der Waals surface area contributed by atoms with Crippen LogP contribution in [0.15, 0.2) is 30.7 Å². The Morgan fingerprint density at radius 1 is 1.27 bits per heavy atom. The van der Waals surface area contributed by atoms with Crippen molar-refractivity contribution >= 4 is 0 Å². The molecule has 0 unspecified atom stereocenters. The van der Waals surface area contributed by atoms with Crippen molar-refractivity contribution in [3.05, 3.63) is 53.6 Å². The Balaban J connectivity index is 1.50. The fraction of sp³-hybridized carbons (Fsp3) is 0.471. The van der Waals surface area contributed by atoms with Gasteiger partial charge in [-0.2, -0.15) is 0 Å². The highest BCUT2D eigenvalue weighted by Crippen LogP contribution is 2.23. The molecule has 1 aliphatic heterocycles. The van der Waals surface area contributed by atoms with Gasteiger partial charge in [-0.25, -0.2) is 13.8 Å². The van der Waals surface area contributed by atoms with Crippen molar-refractivity contribution < 1.29 is 8.78 Å². The van der Waals surface area contributed by atoms with Crippen LogP contribution in [0.25, 0.3) is 0 Å². The summed E-state index contributed by atoms with van der Waals surface area (Å²) in [5, 5.41) is 0. The smallest absolute Gasteiger partial charge is 0.159 e. The molecule has 1 saturated heterocycles. The predicted molar refractivity (Wildman–Crippen MR) is 81.3 cm³/mol. The molecule has 2 heterocycles. The summed E-state index contributed by atoms with van der Waals surface area (Å²) < 4.78 is 26.2. The molecular weight excluding hydrogens is 284 g/mol. The molecule has 1 N–H and O–H groups in total. The third kappa shape index (κ3) is 3.91. The summed E-state index contributed by atoms with van der Waals surface area (Å²) >= 11 is 0. The zero-order valence-electron chi connectivity index (χ0n) is 12.6. The average Bonchev–Trinajstić information content (AvgIpc) is 3.02. The van der Waals surface area contributed by atoms with E-state index in [1.807, 2.05) is 6.20 Å². The quantitative estimate of drug-likeness (QED) is 0.916. The van der Waals surface area contributed by atoms with Crippen LogP contribution in [0.4, 0.5) is 8.78 Å². The van der Waals surface area contributed by atoms with E-state index in [4.69, 9.17) is 0 Å². The van der Waals surface area contributed by atoms with Gasteiger partial charge in [0.15, 0.2) is 11.6 Å². The largest absolute Gasteiger partial charge is 0.347 e. The molecule has 118 valence electrons. The molecule has 3 nitrogen and oxygen atoms in total. The van der Waals surface area contributed by atoms with E-state index in [9.17, 15) is 8.78 Å². The molecule has 0 saturated carbocycles. The third-order valence-corrected chi connectivity index (χ3v) is 4.38. The fourth-order valence-electron chi connectivity index (χ4n) is 3.21. The molecular formula is C17H21F2N3. The number of nitrogens with zero attached hydrogens (tertiary/aromatic N) is 2. The van der Waals surface area contributed by atoms with Crippen LogP contribution >= 0.6 is 0 Å². The number of piperidine rings is 1. The first-order valence-corrected chi connectivity index (χ1v) is 7.84. The molecule has 0 radical (unpaired) electrons. The third-order valence-electron chi connectivity index (χ3n) is 4.38. The lowest BCUT2D eigenvalue weighted by Gasteiger charge is -2.32. The number of halogens is 2. The van der Waals surface area contributed by atoms with Crippen LogP contribution in [0.1, 0.15) is 30.5 Å². The van der Waals surface area contributed by atoms with Crippen molar-refractivity contribution in [2.24, 2.45) is 5.92 Å². The highest BCUT2D eigenvalue weighted by Gasteiger charge is 2.20. The van der Waals surface area contributed by atoms with Gasteiger partial charge in [0.2, 0.25) is 0 Å². The number of imidazole rings is 1. The molecule has 0 bridgehead atoms. The lowest BCUT2D eigenvalue weighted by atomic mass is 9.91. The number of hydrogen-bond donors (Lipinski definition) is 1. The number of aryl methyl sites for hydroxylation is 1. The van der Waals surface area contributed by atoms with E-state index in [1.54, 1.807) is 12.4 Å². The minimum Gasteiger partial charge on any atom is -0.347 e. The van der Waals surface area contributed by atoms with Crippen LogP contribution in [0.5, 0.6) is 0 Å². The lowest BCUT2D eigenvalue weighted by molar-refractivity contribution is 0.160. The summed E-state index contributed by atoms with van der Waals surface area (Å²) in [6, 6.07) is 4.22. The second-order valence-corrected chi connectivity index (χ2v) is 6.11. The monoisotopic (exact) mass is 305 g/mol. The number of likely N-dealkylation sites (tertiary alicyclic amines) is 1. The Labute approximate surface area is 129 Å². The Hall–Kier alpha value is -1.75. The van der Waals surface area contributed by atoms with Gasteiger partial charge in [0.1, 0.15) is 0 Å². The van der Waals surface area contributed by atoms with E-state index < -0.39 is 11.6 Å². The number of aromatic nitrogens is 2. The molecule has 3 rings (SSSR count). The first-order valence-electron chi connectivity index (χ1n) is 7.84. The van der Waals surface area contributed by atoms with Gasteiger partial charge in [0, 0.05) is 25.0 Å². The first kappa shape index (κ1) is 15.2. The molecule has 1 atom stereocenters. The molecule has 0 spiro atoms. The topological polar surface area (TPSA) is 31.9 Å². The van der Waals surface area contributed by atoms with E-state index in [-0.39, 0.29) is 0 Å². The van der Waals surface area contributed by atoms with Crippen LogP contribution in [0, 0.1) is 17.6 Å². The van der Waals surface area contributed by atoms with Crippen LogP contribution in [0.2, 0.25) is 0 Å². The Kier molecular flexibility index (Phi) is 4.83. The van der Waals surface area contributed by atoms with Gasteiger partial charge >= 0.3 is 0 Å². The summed E-state index contributed by atoms with van der Waals surface area (Å²) in [4.78, 5) is 9.63. The van der Waals surface area contributed by atoms with Gasteiger partial charge in [0.25, 0.3) is 0 Å². The second-order valence-electron chi connectivity index (χ2n) is 6.11. The van der Waals surface area contributed by atoms with Gasteiger partial charge in [-0.05, 0) is 55.8 Å². The minimum absolute atomic E-state index is 0.616. The van der Waals surface area contributed by atoms with Gasteiger partial charge in [0.05, 0.1) is 6.33 Å². The van der Waals surface area contributed by atoms with Gasteiger partial charge in [-0.1, -0.05) is 6.07 Å². The van der Waals surface area contributed by atoms with Crippen molar-refractivity contribution in [3.63, 3.8) is 0 Å². The summed E-state index contributed by atoms with van der Waals surface area (Å²) in [7, 11) is 0. The molecule has 0 amide bonds. The summed E-state index contributed by atoms with van der Waals surface area (Å²) in [6.07, 6.45) is 7.80. The van der Waals surface area contributed by atoms with Gasteiger partial charge in [-0.15, -0.1) is 0 Å². The maximum absolute atomic E-state index is 13.2. The number of aromatic amines is 1. The molecule has 1 aromatic heterocycles. The van der Waals surface area contributed by atoms with Crippen molar-refractivity contribution in [2.75, 3.05) is 13.1 Å². The molecule has 2 aromatic rings. The van der Waals surface area contributed by atoms with Crippen molar-refractivity contribution in [3.8, 4) is 0 Å². The van der Waals surface area contributed by atoms with E-state index in [1.165, 1.54) is 25.0 Å². The average molecular weight is 305 g/mol. The van der Waals surface area contributed by atoms with Gasteiger partial charge < -0.3 is 4.98 Å². The summed E-state index contributed by atoms with van der Waals surface area (Å²) in [6.45, 7) is 3.07. The van der Waals surface area contributed by atoms with Crippen molar-refractivity contribution in [1.29, 1.82) is 0 Å². The Bertz CT molecular complexity index is 598.